The Balaban J connectivity index is 2.42. The monoisotopic (exact) mass is 252 g/mol. The molecule has 0 aliphatic carbocycles. The van der Waals surface area contributed by atoms with E-state index in [1.54, 1.807) is 0 Å². The van der Waals surface area contributed by atoms with Crippen LogP contribution in [0.15, 0.2) is 36.4 Å². The second-order valence-electron chi connectivity index (χ2n) is 3.45. The number of rotatable bonds is 3. The van der Waals surface area contributed by atoms with Crippen LogP contribution in [0.5, 0.6) is 11.5 Å². The maximum Gasteiger partial charge on any atom is 0.173 e. The second-order valence-corrected chi connectivity index (χ2v) is 3.45. The summed E-state index contributed by atoms with van der Waals surface area (Å²) in [6, 6.07) is 6.33. The average molecular weight is 252 g/mol. The minimum absolute atomic E-state index is 0.0567. The highest BCUT2D eigenvalue weighted by molar-refractivity contribution is 5.79. The topological polar surface area (TPSA) is 26.3 Å². The summed E-state index contributed by atoms with van der Waals surface area (Å²) in [4.78, 5) is 10.7. The van der Waals surface area contributed by atoms with Crippen molar-refractivity contribution in [2.45, 2.75) is 0 Å². The Hall–Kier alpha value is -2.30. The van der Waals surface area contributed by atoms with Gasteiger partial charge in [0.05, 0.1) is 5.56 Å². The second kappa shape index (κ2) is 4.91. The molecular weight excluding hydrogens is 245 g/mol. The molecule has 92 valence electrons. The lowest BCUT2D eigenvalue weighted by Gasteiger charge is -2.09. The molecule has 0 aliphatic rings. The molecule has 0 aromatic heterocycles. The normalized spacial score (nSPS) is 10.2. The van der Waals surface area contributed by atoms with Crippen LogP contribution in [-0.2, 0) is 0 Å². The van der Waals surface area contributed by atoms with E-state index in [1.807, 2.05) is 0 Å². The van der Waals surface area contributed by atoms with E-state index in [4.69, 9.17) is 4.74 Å². The third-order valence-electron chi connectivity index (χ3n) is 2.23. The highest BCUT2D eigenvalue weighted by atomic mass is 19.1. The summed E-state index contributed by atoms with van der Waals surface area (Å²) in [5.41, 5.74) is -0.0567. The minimum Gasteiger partial charge on any atom is -0.450 e. The largest absolute Gasteiger partial charge is 0.450 e. The van der Waals surface area contributed by atoms with Crippen LogP contribution in [0.4, 0.5) is 13.2 Å². The highest BCUT2D eigenvalue weighted by Crippen LogP contribution is 2.29. The van der Waals surface area contributed by atoms with E-state index >= 15 is 0 Å². The predicted octanol–water partition coefficient (Wildman–Crippen LogP) is 3.71. The number of hydrogen-bond acceptors (Lipinski definition) is 2. The molecule has 0 fully saturated rings. The minimum atomic E-state index is -0.977. The van der Waals surface area contributed by atoms with Crippen LogP contribution >= 0.6 is 0 Å². The van der Waals surface area contributed by atoms with E-state index in [9.17, 15) is 18.0 Å². The van der Waals surface area contributed by atoms with Crippen molar-refractivity contribution in [2.75, 3.05) is 0 Å². The van der Waals surface area contributed by atoms with Gasteiger partial charge in [-0.1, -0.05) is 6.07 Å². The van der Waals surface area contributed by atoms with Crippen molar-refractivity contribution in [1.82, 2.24) is 0 Å². The fourth-order valence-electron chi connectivity index (χ4n) is 1.39. The van der Waals surface area contributed by atoms with Crippen molar-refractivity contribution in [2.24, 2.45) is 0 Å². The SMILES string of the molecule is O=Cc1cccc(F)c1Oc1ccc(F)cc1F. The Kier molecular flexibility index (Phi) is 3.32. The Morgan fingerprint density at radius 1 is 1.00 bits per heavy atom. The van der Waals surface area contributed by atoms with Gasteiger partial charge in [0.1, 0.15) is 5.82 Å². The molecule has 2 rings (SSSR count). The lowest BCUT2D eigenvalue weighted by Crippen LogP contribution is -1.96. The van der Waals surface area contributed by atoms with Gasteiger partial charge in [-0.05, 0) is 24.3 Å². The lowest BCUT2D eigenvalue weighted by atomic mass is 10.2. The van der Waals surface area contributed by atoms with E-state index < -0.39 is 23.2 Å². The van der Waals surface area contributed by atoms with E-state index in [1.165, 1.54) is 12.1 Å². The zero-order valence-corrected chi connectivity index (χ0v) is 8.99. The van der Waals surface area contributed by atoms with Crippen LogP contribution in [0, 0.1) is 17.5 Å². The van der Waals surface area contributed by atoms with Crippen LogP contribution in [-0.4, -0.2) is 6.29 Å². The summed E-state index contributed by atoms with van der Waals surface area (Å²) in [6.45, 7) is 0. The van der Waals surface area contributed by atoms with E-state index in [2.05, 4.69) is 0 Å². The fourth-order valence-corrected chi connectivity index (χ4v) is 1.39. The van der Waals surface area contributed by atoms with Crippen molar-refractivity contribution < 1.29 is 22.7 Å². The summed E-state index contributed by atoms with van der Waals surface area (Å²) < 4.78 is 44.4. The molecule has 0 unspecified atom stereocenters. The molecular formula is C13H7F3O2. The fraction of sp³-hybridized carbons (Fsp3) is 0. The van der Waals surface area contributed by atoms with Gasteiger partial charge in [-0.25, -0.2) is 13.2 Å². The summed E-state index contributed by atoms with van der Waals surface area (Å²) in [7, 11) is 0. The standard InChI is InChI=1S/C13H7F3O2/c14-9-4-5-12(11(16)6-9)18-13-8(7-17)2-1-3-10(13)15/h1-7H. The summed E-state index contributed by atoms with van der Waals surface area (Å²) >= 11 is 0. The molecule has 0 saturated heterocycles. The van der Waals surface area contributed by atoms with Crippen LogP contribution in [0.25, 0.3) is 0 Å². The number of ether oxygens (including phenoxy) is 1. The molecule has 0 heterocycles. The highest BCUT2D eigenvalue weighted by Gasteiger charge is 2.13. The zero-order chi connectivity index (χ0) is 13.1. The molecule has 18 heavy (non-hydrogen) atoms. The Morgan fingerprint density at radius 2 is 1.78 bits per heavy atom. The smallest absolute Gasteiger partial charge is 0.173 e. The zero-order valence-electron chi connectivity index (χ0n) is 8.99. The van der Waals surface area contributed by atoms with Crippen molar-refractivity contribution in [3.63, 3.8) is 0 Å². The summed E-state index contributed by atoms with van der Waals surface area (Å²) in [5.74, 6) is -3.30. The average Bonchev–Trinajstić information content (AvgIpc) is 2.34. The molecule has 0 spiro atoms. The Morgan fingerprint density at radius 3 is 2.44 bits per heavy atom. The van der Waals surface area contributed by atoms with Crippen molar-refractivity contribution in [3.05, 3.63) is 59.4 Å². The lowest BCUT2D eigenvalue weighted by molar-refractivity contribution is 0.112. The molecule has 0 aliphatic heterocycles. The number of para-hydroxylation sites is 1. The Bertz CT molecular complexity index is 597. The molecule has 2 aromatic carbocycles. The summed E-state index contributed by atoms with van der Waals surface area (Å²) in [5, 5.41) is 0. The van der Waals surface area contributed by atoms with Gasteiger partial charge in [-0.3, -0.25) is 4.79 Å². The number of carbonyl (C=O) groups is 1. The molecule has 0 bridgehead atoms. The predicted molar refractivity (Wildman–Crippen MR) is 58.2 cm³/mol. The molecule has 0 N–H and O–H groups in total. The van der Waals surface area contributed by atoms with Crippen LogP contribution in [0.2, 0.25) is 0 Å². The first-order valence-electron chi connectivity index (χ1n) is 4.98. The van der Waals surface area contributed by atoms with Gasteiger partial charge in [0, 0.05) is 6.07 Å². The molecule has 5 heteroatoms. The number of halogens is 3. The molecule has 2 aromatic rings. The number of aldehydes is 1. The molecule has 0 saturated carbocycles. The van der Waals surface area contributed by atoms with Crippen molar-refractivity contribution in [1.29, 1.82) is 0 Å². The van der Waals surface area contributed by atoms with Gasteiger partial charge >= 0.3 is 0 Å². The number of hydrogen-bond donors (Lipinski definition) is 0. The molecule has 0 radical (unpaired) electrons. The van der Waals surface area contributed by atoms with Gasteiger partial charge in [-0.15, -0.1) is 0 Å². The maximum absolute atomic E-state index is 13.5. The van der Waals surface area contributed by atoms with Gasteiger partial charge in [-0.2, -0.15) is 0 Å². The first-order valence-corrected chi connectivity index (χ1v) is 4.98. The first-order chi connectivity index (χ1) is 8.61. The molecule has 0 amide bonds. The third-order valence-corrected chi connectivity index (χ3v) is 2.23. The van der Waals surface area contributed by atoms with Crippen molar-refractivity contribution in [3.8, 4) is 11.5 Å². The van der Waals surface area contributed by atoms with E-state index in [0.29, 0.717) is 12.4 Å². The quantitative estimate of drug-likeness (QED) is 0.778. The maximum atomic E-state index is 13.5. The summed E-state index contributed by atoms with van der Waals surface area (Å²) in [6.07, 6.45) is 0.389. The van der Waals surface area contributed by atoms with Gasteiger partial charge < -0.3 is 4.74 Å². The Labute approximate surface area is 101 Å². The third kappa shape index (κ3) is 2.34. The number of benzene rings is 2. The number of carbonyl (C=O) groups excluding carboxylic acids is 1. The first kappa shape index (κ1) is 12.2. The van der Waals surface area contributed by atoms with E-state index in [0.717, 1.165) is 18.2 Å². The van der Waals surface area contributed by atoms with Crippen molar-refractivity contribution >= 4 is 6.29 Å². The molecule has 2 nitrogen and oxygen atoms in total. The van der Waals surface area contributed by atoms with Crippen LogP contribution in [0.3, 0.4) is 0 Å². The van der Waals surface area contributed by atoms with Crippen LogP contribution in [0.1, 0.15) is 10.4 Å². The van der Waals surface area contributed by atoms with Gasteiger partial charge in [0.25, 0.3) is 0 Å². The van der Waals surface area contributed by atoms with E-state index in [-0.39, 0.29) is 11.3 Å². The molecule has 0 atom stereocenters. The van der Waals surface area contributed by atoms with Crippen LogP contribution < -0.4 is 4.74 Å². The van der Waals surface area contributed by atoms with Gasteiger partial charge in [0.2, 0.25) is 0 Å². The van der Waals surface area contributed by atoms with Gasteiger partial charge in [0.15, 0.2) is 29.4 Å².